The van der Waals surface area contributed by atoms with Gasteiger partial charge in [-0.1, -0.05) is 19.1 Å². The molecule has 2 heterocycles. The third-order valence-electron chi connectivity index (χ3n) is 3.68. The molecule has 3 aromatic rings. The molecule has 0 saturated heterocycles. The molecule has 0 aliphatic heterocycles. The summed E-state index contributed by atoms with van der Waals surface area (Å²) in [6.45, 7) is 2.30. The van der Waals surface area contributed by atoms with Crippen LogP contribution in [0.4, 0.5) is 0 Å². The van der Waals surface area contributed by atoms with Crippen molar-refractivity contribution in [2.75, 3.05) is 0 Å². The second kappa shape index (κ2) is 6.95. The SMILES string of the molecule is CCc1cc(C(=O)NCc2cccc(-n3cccn3)c2)cc(=O)[nH]1. The number of nitrogens with zero attached hydrogens (tertiary/aromatic N) is 2. The molecule has 3 rings (SSSR count). The highest BCUT2D eigenvalue weighted by Crippen LogP contribution is 2.10. The third kappa shape index (κ3) is 3.60. The Kier molecular flexibility index (Phi) is 4.56. The average molecular weight is 322 g/mol. The van der Waals surface area contributed by atoms with Crippen molar-refractivity contribution in [3.63, 3.8) is 0 Å². The molecule has 0 atom stereocenters. The normalized spacial score (nSPS) is 10.5. The molecule has 0 saturated carbocycles. The fraction of sp³-hybridized carbons (Fsp3) is 0.167. The van der Waals surface area contributed by atoms with Crippen molar-refractivity contribution in [2.24, 2.45) is 0 Å². The molecule has 0 unspecified atom stereocenters. The lowest BCUT2D eigenvalue weighted by atomic mass is 10.1. The maximum Gasteiger partial charge on any atom is 0.251 e. The largest absolute Gasteiger partial charge is 0.348 e. The van der Waals surface area contributed by atoms with E-state index in [2.05, 4.69) is 15.4 Å². The fourth-order valence-electron chi connectivity index (χ4n) is 2.44. The topological polar surface area (TPSA) is 79.8 Å². The summed E-state index contributed by atoms with van der Waals surface area (Å²) < 4.78 is 1.76. The minimum Gasteiger partial charge on any atom is -0.348 e. The van der Waals surface area contributed by atoms with E-state index in [9.17, 15) is 9.59 Å². The van der Waals surface area contributed by atoms with Crippen molar-refractivity contribution in [1.29, 1.82) is 0 Å². The van der Waals surface area contributed by atoms with E-state index in [-0.39, 0.29) is 11.5 Å². The number of rotatable bonds is 5. The molecular formula is C18H18N4O2. The first-order valence-corrected chi connectivity index (χ1v) is 7.76. The van der Waals surface area contributed by atoms with Crippen LogP contribution in [0.2, 0.25) is 0 Å². The molecule has 2 N–H and O–H groups in total. The summed E-state index contributed by atoms with van der Waals surface area (Å²) in [6, 6.07) is 12.6. The van der Waals surface area contributed by atoms with Crippen LogP contribution >= 0.6 is 0 Å². The Balaban J connectivity index is 1.72. The molecule has 0 spiro atoms. The first-order chi connectivity index (χ1) is 11.7. The lowest BCUT2D eigenvalue weighted by molar-refractivity contribution is 0.0950. The summed E-state index contributed by atoms with van der Waals surface area (Å²) >= 11 is 0. The number of hydrogen-bond acceptors (Lipinski definition) is 3. The van der Waals surface area contributed by atoms with Crippen molar-refractivity contribution in [3.05, 3.63) is 82.0 Å². The van der Waals surface area contributed by atoms with Gasteiger partial charge in [0.1, 0.15) is 0 Å². The molecule has 122 valence electrons. The van der Waals surface area contributed by atoms with Gasteiger partial charge in [-0.3, -0.25) is 9.59 Å². The zero-order chi connectivity index (χ0) is 16.9. The Labute approximate surface area is 139 Å². The highest BCUT2D eigenvalue weighted by atomic mass is 16.2. The summed E-state index contributed by atoms with van der Waals surface area (Å²) in [5.74, 6) is -0.264. The van der Waals surface area contributed by atoms with E-state index >= 15 is 0 Å². The van der Waals surface area contributed by atoms with Crippen LogP contribution in [-0.4, -0.2) is 20.7 Å². The maximum atomic E-state index is 12.3. The molecule has 1 amide bonds. The molecule has 0 aliphatic carbocycles. The minimum absolute atomic E-state index is 0.264. The number of H-pyrrole nitrogens is 1. The first kappa shape index (κ1) is 15.7. The molecule has 0 fully saturated rings. The van der Waals surface area contributed by atoms with Crippen molar-refractivity contribution >= 4 is 5.91 Å². The Morgan fingerprint density at radius 3 is 2.88 bits per heavy atom. The van der Waals surface area contributed by atoms with Gasteiger partial charge < -0.3 is 10.3 Å². The number of amides is 1. The van der Waals surface area contributed by atoms with Crippen molar-refractivity contribution in [3.8, 4) is 5.69 Å². The number of benzene rings is 1. The number of carbonyl (C=O) groups excluding carboxylic acids is 1. The molecule has 1 aromatic carbocycles. The molecular weight excluding hydrogens is 304 g/mol. The Morgan fingerprint density at radius 2 is 2.12 bits per heavy atom. The Bertz CT molecular complexity index is 897. The lowest BCUT2D eigenvalue weighted by Gasteiger charge is -2.08. The second-order valence-electron chi connectivity index (χ2n) is 5.42. The van der Waals surface area contributed by atoms with E-state index < -0.39 is 0 Å². The molecule has 2 aromatic heterocycles. The van der Waals surface area contributed by atoms with Gasteiger partial charge in [0.25, 0.3) is 5.91 Å². The monoisotopic (exact) mass is 322 g/mol. The number of aromatic amines is 1. The predicted molar refractivity (Wildman–Crippen MR) is 91.2 cm³/mol. The molecule has 0 radical (unpaired) electrons. The summed E-state index contributed by atoms with van der Waals surface area (Å²) in [5, 5.41) is 7.04. The molecule has 24 heavy (non-hydrogen) atoms. The average Bonchev–Trinajstić information content (AvgIpc) is 3.14. The van der Waals surface area contributed by atoms with Crippen molar-refractivity contribution in [1.82, 2.24) is 20.1 Å². The second-order valence-corrected chi connectivity index (χ2v) is 5.42. The van der Waals surface area contributed by atoms with Crippen molar-refractivity contribution in [2.45, 2.75) is 19.9 Å². The van der Waals surface area contributed by atoms with Gasteiger partial charge in [-0.2, -0.15) is 5.10 Å². The van der Waals surface area contributed by atoms with Crippen LogP contribution < -0.4 is 10.9 Å². The molecule has 0 bridgehead atoms. The standard InChI is InChI=1S/C18H18N4O2/c1-2-15-10-14(11-17(23)21-15)18(24)19-12-13-5-3-6-16(9-13)22-8-4-7-20-22/h3-11H,2,12H2,1H3,(H,19,24)(H,21,23). The summed E-state index contributed by atoms with van der Waals surface area (Å²) in [4.78, 5) is 26.6. The van der Waals surface area contributed by atoms with E-state index in [1.54, 1.807) is 16.9 Å². The van der Waals surface area contributed by atoms with Gasteiger partial charge in [-0.05, 0) is 36.2 Å². The number of aryl methyl sites for hydroxylation is 1. The van der Waals surface area contributed by atoms with Crippen LogP contribution in [0.25, 0.3) is 5.69 Å². The number of pyridine rings is 1. The van der Waals surface area contributed by atoms with E-state index in [1.807, 2.05) is 43.5 Å². The smallest absolute Gasteiger partial charge is 0.251 e. The van der Waals surface area contributed by atoms with Crippen molar-refractivity contribution < 1.29 is 4.79 Å². The van der Waals surface area contributed by atoms with Gasteiger partial charge in [0.05, 0.1) is 5.69 Å². The highest BCUT2D eigenvalue weighted by molar-refractivity contribution is 5.94. The zero-order valence-electron chi connectivity index (χ0n) is 13.3. The van der Waals surface area contributed by atoms with Gasteiger partial charge in [0.15, 0.2) is 0 Å². The van der Waals surface area contributed by atoms with Gasteiger partial charge >= 0.3 is 0 Å². The van der Waals surface area contributed by atoms with E-state index in [1.165, 1.54) is 6.07 Å². The summed E-state index contributed by atoms with van der Waals surface area (Å²) in [5.41, 5.74) is 2.74. The Hall–Kier alpha value is -3.15. The third-order valence-corrected chi connectivity index (χ3v) is 3.68. The quantitative estimate of drug-likeness (QED) is 0.754. The van der Waals surface area contributed by atoms with Crippen LogP contribution in [0.1, 0.15) is 28.5 Å². The Morgan fingerprint density at radius 1 is 1.25 bits per heavy atom. The van der Waals surface area contributed by atoms with Crippen LogP contribution in [0.15, 0.2) is 59.7 Å². The summed E-state index contributed by atoms with van der Waals surface area (Å²) in [6.07, 6.45) is 4.25. The fourth-order valence-corrected chi connectivity index (χ4v) is 2.44. The number of carbonyl (C=O) groups is 1. The van der Waals surface area contributed by atoms with Crippen LogP contribution in [0, 0.1) is 0 Å². The minimum atomic E-state index is -0.264. The highest BCUT2D eigenvalue weighted by Gasteiger charge is 2.08. The van der Waals surface area contributed by atoms with Gasteiger partial charge in [-0.15, -0.1) is 0 Å². The van der Waals surface area contributed by atoms with E-state index in [0.29, 0.717) is 18.5 Å². The molecule has 6 heteroatoms. The molecule has 6 nitrogen and oxygen atoms in total. The zero-order valence-corrected chi connectivity index (χ0v) is 13.3. The van der Waals surface area contributed by atoms with Crippen LogP contribution in [0.3, 0.4) is 0 Å². The van der Waals surface area contributed by atoms with E-state index in [0.717, 1.165) is 16.9 Å². The van der Waals surface area contributed by atoms with Crippen LogP contribution in [0.5, 0.6) is 0 Å². The van der Waals surface area contributed by atoms with Gasteiger partial charge in [0, 0.05) is 36.3 Å². The number of hydrogen-bond donors (Lipinski definition) is 2. The number of nitrogens with one attached hydrogen (secondary N) is 2. The predicted octanol–water partition coefficient (Wildman–Crippen LogP) is 2.05. The maximum absolute atomic E-state index is 12.3. The van der Waals surface area contributed by atoms with Crippen LogP contribution in [-0.2, 0) is 13.0 Å². The number of aromatic nitrogens is 3. The first-order valence-electron chi connectivity index (χ1n) is 7.76. The van der Waals surface area contributed by atoms with Gasteiger partial charge in [0.2, 0.25) is 5.56 Å². The summed E-state index contributed by atoms with van der Waals surface area (Å²) in [7, 11) is 0. The lowest BCUT2D eigenvalue weighted by Crippen LogP contribution is -2.25. The van der Waals surface area contributed by atoms with Gasteiger partial charge in [-0.25, -0.2) is 4.68 Å². The van der Waals surface area contributed by atoms with E-state index in [4.69, 9.17) is 0 Å². The molecule has 0 aliphatic rings.